The Balaban J connectivity index is 1.64. The minimum Gasteiger partial charge on any atom is -0.444 e. The number of carbonyl (C=O) groups excluding carboxylic acids is 1. The second-order valence-corrected chi connectivity index (χ2v) is 9.70. The summed E-state index contributed by atoms with van der Waals surface area (Å²) >= 11 is 0. The summed E-state index contributed by atoms with van der Waals surface area (Å²) in [5, 5.41) is 0. The summed E-state index contributed by atoms with van der Waals surface area (Å²) in [6.45, 7) is 7.18. The lowest BCUT2D eigenvalue weighted by atomic mass is 9.92. The lowest BCUT2D eigenvalue weighted by Gasteiger charge is -2.33. The molecule has 0 radical (unpaired) electrons. The third-order valence-electron chi connectivity index (χ3n) is 4.47. The van der Waals surface area contributed by atoms with Gasteiger partial charge in [0, 0.05) is 13.1 Å². The Kier molecular flexibility index (Phi) is 7.68. The van der Waals surface area contributed by atoms with Crippen molar-refractivity contribution in [2.75, 3.05) is 19.7 Å². The van der Waals surface area contributed by atoms with Crippen molar-refractivity contribution in [3.63, 3.8) is 0 Å². The van der Waals surface area contributed by atoms with Crippen molar-refractivity contribution in [1.82, 2.24) is 4.90 Å². The summed E-state index contributed by atoms with van der Waals surface area (Å²) in [5.41, 5.74) is 0.253. The molecular formula is C20H31NO5S. The molecule has 6 nitrogen and oxygen atoms in total. The standard InChI is InChI=1S/C20H31NO5S/c1-20(2,3)26-19(22)21-13-11-17(12-14-21)10-7-15-25-27(23,24)16-18-8-5-4-6-9-18/h4-6,8-9,17H,7,10-16H2,1-3H3. The van der Waals surface area contributed by atoms with Crippen LogP contribution in [-0.4, -0.2) is 44.7 Å². The zero-order chi connectivity index (χ0) is 19.9. The first-order chi connectivity index (χ1) is 12.6. The van der Waals surface area contributed by atoms with Gasteiger partial charge < -0.3 is 9.64 Å². The van der Waals surface area contributed by atoms with Gasteiger partial charge in [-0.05, 0) is 57.9 Å². The SMILES string of the molecule is CC(C)(C)OC(=O)N1CCC(CCCOS(=O)(=O)Cc2ccccc2)CC1. The van der Waals surface area contributed by atoms with Crippen molar-refractivity contribution in [2.24, 2.45) is 5.92 Å². The summed E-state index contributed by atoms with van der Waals surface area (Å²) in [7, 11) is -3.54. The van der Waals surface area contributed by atoms with Crippen LogP contribution in [0, 0.1) is 5.92 Å². The Hall–Kier alpha value is -1.60. The van der Waals surface area contributed by atoms with Gasteiger partial charge in [0.1, 0.15) is 11.4 Å². The normalized spacial score (nSPS) is 16.3. The molecule has 1 saturated heterocycles. The van der Waals surface area contributed by atoms with Gasteiger partial charge in [0.15, 0.2) is 0 Å². The first kappa shape index (κ1) is 21.7. The van der Waals surface area contributed by atoms with E-state index >= 15 is 0 Å². The highest BCUT2D eigenvalue weighted by Gasteiger charge is 2.26. The van der Waals surface area contributed by atoms with Crippen molar-refractivity contribution in [3.8, 4) is 0 Å². The molecule has 7 heteroatoms. The molecule has 1 amide bonds. The first-order valence-corrected chi connectivity index (χ1v) is 11.1. The van der Waals surface area contributed by atoms with Gasteiger partial charge in [0.05, 0.1) is 6.61 Å². The van der Waals surface area contributed by atoms with Crippen LogP contribution >= 0.6 is 0 Å². The first-order valence-electron chi connectivity index (χ1n) is 9.53. The Morgan fingerprint density at radius 1 is 1.15 bits per heavy atom. The van der Waals surface area contributed by atoms with Crippen LogP contribution in [0.15, 0.2) is 30.3 Å². The molecule has 1 aliphatic rings. The van der Waals surface area contributed by atoms with E-state index in [4.69, 9.17) is 8.92 Å². The molecule has 1 heterocycles. The minimum absolute atomic E-state index is 0.0951. The molecule has 0 spiro atoms. The summed E-state index contributed by atoms with van der Waals surface area (Å²) in [6, 6.07) is 9.03. The molecule has 1 aromatic rings. The largest absolute Gasteiger partial charge is 0.444 e. The second-order valence-electron chi connectivity index (χ2n) is 8.06. The molecule has 0 aromatic heterocycles. The van der Waals surface area contributed by atoms with Crippen LogP contribution in [0.25, 0.3) is 0 Å². The van der Waals surface area contributed by atoms with Crippen LogP contribution in [0.5, 0.6) is 0 Å². The zero-order valence-corrected chi connectivity index (χ0v) is 17.3. The van der Waals surface area contributed by atoms with Crippen molar-refractivity contribution in [3.05, 3.63) is 35.9 Å². The van der Waals surface area contributed by atoms with Crippen LogP contribution < -0.4 is 0 Å². The number of rotatable bonds is 7. The van der Waals surface area contributed by atoms with Crippen LogP contribution in [-0.2, 0) is 24.8 Å². The molecule has 2 rings (SSSR count). The molecule has 0 atom stereocenters. The highest BCUT2D eigenvalue weighted by molar-refractivity contribution is 7.85. The highest BCUT2D eigenvalue weighted by atomic mass is 32.2. The summed E-state index contributed by atoms with van der Waals surface area (Å²) in [6.07, 6.45) is 3.18. The highest BCUT2D eigenvalue weighted by Crippen LogP contribution is 2.23. The molecule has 0 bridgehead atoms. The number of piperidine rings is 1. The number of ether oxygens (including phenoxy) is 1. The lowest BCUT2D eigenvalue weighted by Crippen LogP contribution is -2.41. The van der Waals surface area contributed by atoms with Gasteiger partial charge >= 0.3 is 6.09 Å². The molecule has 27 heavy (non-hydrogen) atoms. The van der Waals surface area contributed by atoms with Gasteiger partial charge in [0.2, 0.25) is 0 Å². The molecule has 152 valence electrons. The van der Waals surface area contributed by atoms with E-state index in [0.717, 1.165) is 24.8 Å². The van der Waals surface area contributed by atoms with Crippen molar-refractivity contribution < 1.29 is 22.1 Å². The maximum atomic E-state index is 12.1. The summed E-state index contributed by atoms with van der Waals surface area (Å²) < 4.78 is 34.5. The number of nitrogens with zero attached hydrogens (tertiary/aromatic N) is 1. The van der Waals surface area contributed by atoms with Gasteiger partial charge in [0.25, 0.3) is 10.1 Å². The Morgan fingerprint density at radius 2 is 1.78 bits per heavy atom. The number of amides is 1. The van der Waals surface area contributed by atoms with Crippen molar-refractivity contribution >= 4 is 16.2 Å². The van der Waals surface area contributed by atoms with E-state index in [-0.39, 0.29) is 18.5 Å². The molecule has 1 fully saturated rings. The van der Waals surface area contributed by atoms with E-state index in [1.807, 2.05) is 39.0 Å². The molecule has 1 aliphatic heterocycles. The number of benzene rings is 1. The van der Waals surface area contributed by atoms with Crippen LogP contribution in [0.3, 0.4) is 0 Å². The average molecular weight is 398 g/mol. The van der Waals surface area contributed by atoms with E-state index in [1.165, 1.54) is 0 Å². The van der Waals surface area contributed by atoms with Crippen LogP contribution in [0.1, 0.15) is 52.0 Å². The molecular weight excluding hydrogens is 366 g/mol. The lowest BCUT2D eigenvalue weighted by molar-refractivity contribution is 0.0179. The molecule has 0 aliphatic carbocycles. The maximum Gasteiger partial charge on any atom is 0.410 e. The predicted octanol–water partition coefficient (Wildman–Crippen LogP) is 3.96. The van der Waals surface area contributed by atoms with Gasteiger partial charge in [-0.15, -0.1) is 0 Å². The number of carbonyl (C=O) groups is 1. The topological polar surface area (TPSA) is 72.9 Å². The predicted molar refractivity (Wildman–Crippen MR) is 105 cm³/mol. The molecule has 0 N–H and O–H groups in total. The Labute approximate surface area is 163 Å². The second kappa shape index (κ2) is 9.55. The zero-order valence-electron chi connectivity index (χ0n) is 16.5. The van der Waals surface area contributed by atoms with E-state index in [1.54, 1.807) is 17.0 Å². The monoisotopic (exact) mass is 397 g/mol. The average Bonchev–Trinajstić information content (AvgIpc) is 2.58. The number of likely N-dealkylation sites (tertiary alicyclic amines) is 1. The van der Waals surface area contributed by atoms with E-state index in [0.29, 0.717) is 25.4 Å². The quantitative estimate of drug-likeness (QED) is 0.514. The van der Waals surface area contributed by atoms with E-state index < -0.39 is 15.7 Å². The smallest absolute Gasteiger partial charge is 0.410 e. The third-order valence-corrected chi connectivity index (χ3v) is 5.68. The summed E-state index contributed by atoms with van der Waals surface area (Å²) in [4.78, 5) is 13.8. The van der Waals surface area contributed by atoms with E-state index in [9.17, 15) is 13.2 Å². The minimum atomic E-state index is -3.54. The molecule has 0 unspecified atom stereocenters. The van der Waals surface area contributed by atoms with Gasteiger partial charge in [-0.1, -0.05) is 30.3 Å². The van der Waals surface area contributed by atoms with Gasteiger partial charge in [-0.3, -0.25) is 4.18 Å². The summed E-state index contributed by atoms with van der Waals surface area (Å²) in [5.74, 6) is 0.395. The van der Waals surface area contributed by atoms with Crippen molar-refractivity contribution in [1.29, 1.82) is 0 Å². The fourth-order valence-corrected chi connectivity index (χ4v) is 4.16. The van der Waals surface area contributed by atoms with E-state index in [2.05, 4.69) is 0 Å². The van der Waals surface area contributed by atoms with Gasteiger partial charge in [-0.2, -0.15) is 8.42 Å². The molecule has 1 aromatic carbocycles. The van der Waals surface area contributed by atoms with Crippen LogP contribution in [0.4, 0.5) is 4.79 Å². The fraction of sp³-hybridized carbons (Fsp3) is 0.650. The van der Waals surface area contributed by atoms with Gasteiger partial charge in [-0.25, -0.2) is 4.79 Å². The maximum absolute atomic E-state index is 12.1. The Morgan fingerprint density at radius 3 is 2.37 bits per heavy atom. The van der Waals surface area contributed by atoms with Crippen LogP contribution in [0.2, 0.25) is 0 Å². The Bertz CT molecular complexity index is 689. The number of hydrogen-bond acceptors (Lipinski definition) is 5. The fourth-order valence-electron chi connectivity index (χ4n) is 3.11. The third kappa shape index (κ3) is 8.30. The van der Waals surface area contributed by atoms with Crippen molar-refractivity contribution in [2.45, 2.75) is 57.8 Å². The number of hydrogen-bond donors (Lipinski definition) is 0. The molecule has 0 saturated carbocycles.